The van der Waals surface area contributed by atoms with Crippen LogP contribution in [0, 0.1) is 11.3 Å². The highest BCUT2D eigenvalue weighted by atomic mass is 16.2. The van der Waals surface area contributed by atoms with Crippen LogP contribution < -0.4 is 0 Å². The predicted molar refractivity (Wildman–Crippen MR) is 106 cm³/mol. The molecule has 0 aromatic carbocycles. The Hall–Kier alpha value is -0.610. The van der Waals surface area contributed by atoms with Crippen LogP contribution in [0.2, 0.25) is 0 Å². The Labute approximate surface area is 155 Å². The number of rotatable bonds is 3. The molecule has 1 heterocycles. The number of carbonyl (C=O) groups is 1. The van der Waals surface area contributed by atoms with E-state index in [-0.39, 0.29) is 5.54 Å². The summed E-state index contributed by atoms with van der Waals surface area (Å²) in [6.07, 6.45) is 4.86. The third-order valence-corrected chi connectivity index (χ3v) is 6.54. The zero-order valence-corrected chi connectivity index (χ0v) is 17.8. The molecule has 4 heteroatoms. The SMILES string of the molecule is CN(C(=O)CN1CCN(C(C)(C)C)CC1)C1CCC(C(C)(C)C)CC1. The number of carbonyl (C=O) groups excluding carboxylic acids is 1. The molecule has 1 saturated carbocycles. The molecule has 0 bridgehead atoms. The van der Waals surface area contributed by atoms with E-state index in [9.17, 15) is 4.79 Å². The standard InChI is InChI=1S/C21H41N3O/c1-20(2,3)17-8-10-18(11-9-17)22(7)19(25)16-23-12-14-24(15-13-23)21(4,5)6/h17-18H,8-16H2,1-7H3. The van der Waals surface area contributed by atoms with Gasteiger partial charge in [-0.2, -0.15) is 0 Å². The molecule has 146 valence electrons. The summed E-state index contributed by atoms with van der Waals surface area (Å²) in [5.74, 6) is 1.11. The fraction of sp³-hybridized carbons (Fsp3) is 0.952. The third kappa shape index (κ3) is 5.68. The third-order valence-electron chi connectivity index (χ3n) is 6.54. The first kappa shape index (κ1) is 20.7. The van der Waals surface area contributed by atoms with Crippen molar-refractivity contribution in [2.45, 2.75) is 78.8 Å². The van der Waals surface area contributed by atoms with Gasteiger partial charge in [0, 0.05) is 44.8 Å². The zero-order chi connectivity index (χ0) is 18.8. The van der Waals surface area contributed by atoms with Gasteiger partial charge in [0.2, 0.25) is 5.91 Å². The second-order valence-corrected chi connectivity index (χ2v) is 10.3. The summed E-state index contributed by atoms with van der Waals surface area (Å²) in [4.78, 5) is 19.6. The number of amides is 1. The van der Waals surface area contributed by atoms with E-state index in [2.05, 4.69) is 56.2 Å². The van der Waals surface area contributed by atoms with Crippen LogP contribution in [0.3, 0.4) is 0 Å². The van der Waals surface area contributed by atoms with E-state index in [0.717, 1.165) is 32.1 Å². The molecular formula is C21H41N3O. The van der Waals surface area contributed by atoms with E-state index in [1.807, 2.05) is 7.05 Å². The van der Waals surface area contributed by atoms with E-state index in [1.54, 1.807) is 0 Å². The van der Waals surface area contributed by atoms with Crippen LogP contribution in [0.25, 0.3) is 0 Å². The highest BCUT2D eigenvalue weighted by Crippen LogP contribution is 2.38. The molecule has 1 aliphatic heterocycles. The number of hydrogen-bond donors (Lipinski definition) is 0. The van der Waals surface area contributed by atoms with Crippen molar-refractivity contribution < 1.29 is 4.79 Å². The molecule has 2 aliphatic rings. The Kier molecular flexibility index (Phi) is 6.59. The lowest BCUT2D eigenvalue weighted by Gasteiger charge is -2.43. The maximum Gasteiger partial charge on any atom is 0.236 e. The number of nitrogens with zero attached hydrogens (tertiary/aromatic N) is 3. The van der Waals surface area contributed by atoms with Gasteiger partial charge in [0.25, 0.3) is 0 Å². The molecule has 0 radical (unpaired) electrons. The normalized spacial score (nSPS) is 27.3. The van der Waals surface area contributed by atoms with E-state index < -0.39 is 0 Å². The molecule has 0 aromatic heterocycles. The van der Waals surface area contributed by atoms with E-state index >= 15 is 0 Å². The highest BCUT2D eigenvalue weighted by molar-refractivity contribution is 5.78. The van der Waals surface area contributed by atoms with Gasteiger partial charge in [0.05, 0.1) is 6.54 Å². The molecule has 0 atom stereocenters. The van der Waals surface area contributed by atoms with Gasteiger partial charge in [-0.3, -0.25) is 14.6 Å². The number of hydrogen-bond acceptors (Lipinski definition) is 3. The summed E-state index contributed by atoms with van der Waals surface area (Å²) in [7, 11) is 2.02. The van der Waals surface area contributed by atoms with Gasteiger partial charge in [-0.25, -0.2) is 0 Å². The van der Waals surface area contributed by atoms with Crippen LogP contribution in [0.1, 0.15) is 67.2 Å². The molecule has 4 nitrogen and oxygen atoms in total. The van der Waals surface area contributed by atoms with Crippen LogP contribution in [-0.4, -0.2) is 72.0 Å². The van der Waals surface area contributed by atoms with Crippen LogP contribution in [0.5, 0.6) is 0 Å². The summed E-state index contributed by atoms with van der Waals surface area (Å²) in [6.45, 7) is 18.6. The van der Waals surface area contributed by atoms with Crippen LogP contribution in [-0.2, 0) is 4.79 Å². The minimum Gasteiger partial charge on any atom is -0.342 e. The first-order valence-electron chi connectivity index (χ1n) is 10.2. The Morgan fingerprint density at radius 2 is 1.44 bits per heavy atom. The number of piperazine rings is 1. The summed E-state index contributed by atoms with van der Waals surface area (Å²) in [5, 5.41) is 0. The molecule has 2 fully saturated rings. The molecule has 1 saturated heterocycles. The van der Waals surface area contributed by atoms with E-state index in [4.69, 9.17) is 0 Å². The molecule has 0 spiro atoms. The van der Waals surface area contributed by atoms with Crippen LogP contribution >= 0.6 is 0 Å². The van der Waals surface area contributed by atoms with Gasteiger partial charge in [-0.15, -0.1) is 0 Å². The fourth-order valence-electron chi connectivity index (χ4n) is 4.41. The summed E-state index contributed by atoms with van der Waals surface area (Å²) in [6, 6.07) is 0.446. The smallest absolute Gasteiger partial charge is 0.236 e. The van der Waals surface area contributed by atoms with E-state index in [0.29, 0.717) is 23.9 Å². The zero-order valence-electron chi connectivity index (χ0n) is 17.8. The highest BCUT2D eigenvalue weighted by Gasteiger charge is 2.33. The van der Waals surface area contributed by atoms with Crippen molar-refractivity contribution in [2.24, 2.45) is 11.3 Å². The van der Waals surface area contributed by atoms with E-state index in [1.165, 1.54) is 25.7 Å². The topological polar surface area (TPSA) is 26.8 Å². The molecule has 0 N–H and O–H groups in total. The van der Waals surface area contributed by atoms with Crippen molar-refractivity contribution in [1.29, 1.82) is 0 Å². The van der Waals surface area contributed by atoms with Crippen molar-refractivity contribution >= 4 is 5.91 Å². The maximum absolute atomic E-state index is 12.7. The molecule has 2 rings (SSSR count). The lowest BCUT2D eigenvalue weighted by Crippen LogP contribution is -2.55. The van der Waals surface area contributed by atoms with Gasteiger partial charge < -0.3 is 4.90 Å². The van der Waals surface area contributed by atoms with Gasteiger partial charge >= 0.3 is 0 Å². The van der Waals surface area contributed by atoms with Gasteiger partial charge in [0.1, 0.15) is 0 Å². The lowest BCUT2D eigenvalue weighted by atomic mass is 9.71. The second kappa shape index (κ2) is 7.96. The lowest BCUT2D eigenvalue weighted by molar-refractivity contribution is -0.134. The van der Waals surface area contributed by atoms with Crippen molar-refractivity contribution in [1.82, 2.24) is 14.7 Å². The minimum atomic E-state index is 0.235. The first-order valence-corrected chi connectivity index (χ1v) is 10.2. The molecular weight excluding hydrogens is 310 g/mol. The summed E-state index contributed by atoms with van der Waals surface area (Å²) < 4.78 is 0. The Bertz CT molecular complexity index is 433. The average molecular weight is 352 g/mol. The molecule has 1 amide bonds. The maximum atomic E-state index is 12.7. The predicted octanol–water partition coefficient (Wildman–Crippen LogP) is 3.47. The van der Waals surface area contributed by atoms with Gasteiger partial charge in [0.15, 0.2) is 0 Å². The first-order chi connectivity index (χ1) is 11.5. The number of likely N-dealkylation sites (N-methyl/N-ethyl adjacent to an activating group) is 1. The monoisotopic (exact) mass is 351 g/mol. The Balaban J connectivity index is 1.76. The van der Waals surface area contributed by atoms with Crippen molar-refractivity contribution in [3.05, 3.63) is 0 Å². The van der Waals surface area contributed by atoms with Crippen molar-refractivity contribution in [2.75, 3.05) is 39.8 Å². The quantitative estimate of drug-likeness (QED) is 0.779. The Morgan fingerprint density at radius 3 is 1.88 bits per heavy atom. The fourth-order valence-corrected chi connectivity index (χ4v) is 4.41. The summed E-state index contributed by atoms with van der Waals surface area (Å²) >= 11 is 0. The average Bonchev–Trinajstić information content (AvgIpc) is 2.53. The largest absolute Gasteiger partial charge is 0.342 e. The van der Waals surface area contributed by atoms with Crippen LogP contribution in [0.4, 0.5) is 0 Å². The van der Waals surface area contributed by atoms with Gasteiger partial charge in [-0.1, -0.05) is 20.8 Å². The summed E-state index contributed by atoms with van der Waals surface area (Å²) in [5.41, 5.74) is 0.638. The van der Waals surface area contributed by atoms with Crippen molar-refractivity contribution in [3.8, 4) is 0 Å². The molecule has 1 aliphatic carbocycles. The second-order valence-electron chi connectivity index (χ2n) is 10.3. The van der Waals surface area contributed by atoms with Gasteiger partial charge in [-0.05, 0) is 57.8 Å². The molecule has 0 aromatic rings. The molecule has 0 unspecified atom stereocenters. The molecule has 25 heavy (non-hydrogen) atoms. The Morgan fingerprint density at radius 1 is 0.920 bits per heavy atom. The van der Waals surface area contributed by atoms with Crippen LogP contribution in [0.15, 0.2) is 0 Å². The van der Waals surface area contributed by atoms with Crippen molar-refractivity contribution in [3.63, 3.8) is 0 Å². The minimum absolute atomic E-state index is 0.235.